The summed E-state index contributed by atoms with van der Waals surface area (Å²) in [5, 5.41) is 10.5. The molecule has 230 valence electrons. The quantitative estimate of drug-likeness (QED) is 0.339. The van der Waals surface area contributed by atoms with Crippen molar-refractivity contribution >= 4 is 29.1 Å². The maximum atomic E-state index is 14.8. The van der Waals surface area contributed by atoms with Crippen molar-refractivity contribution in [3.8, 4) is 0 Å². The Morgan fingerprint density at radius 2 is 1.71 bits per heavy atom. The van der Waals surface area contributed by atoms with E-state index in [1.165, 1.54) is 0 Å². The van der Waals surface area contributed by atoms with Crippen LogP contribution in [0.5, 0.6) is 0 Å². The summed E-state index contributed by atoms with van der Waals surface area (Å²) in [5.41, 5.74) is 0.614. The molecular weight excluding hydrogens is 532 g/mol. The van der Waals surface area contributed by atoms with Crippen LogP contribution in [0.15, 0.2) is 49.6 Å². The van der Waals surface area contributed by atoms with E-state index in [1.54, 1.807) is 33.9 Å². The Bertz CT molecular complexity index is 1170. The zero-order valence-corrected chi connectivity index (χ0v) is 25.9. The van der Waals surface area contributed by atoms with E-state index in [9.17, 15) is 19.5 Å². The molecule has 9 nitrogen and oxygen atoms in total. The molecule has 0 saturated carbocycles. The van der Waals surface area contributed by atoms with Crippen LogP contribution in [-0.2, 0) is 19.1 Å². The second kappa shape index (κ2) is 13.0. The number of nitrogens with zero attached hydrogens (tertiary/aromatic N) is 4. The minimum atomic E-state index is -1.14. The molecular formula is C33H48N4O5. The van der Waals surface area contributed by atoms with Gasteiger partial charge in [-0.05, 0) is 63.3 Å². The van der Waals surface area contributed by atoms with Crippen LogP contribution in [-0.4, -0.2) is 96.3 Å². The van der Waals surface area contributed by atoms with E-state index in [0.717, 1.165) is 18.8 Å². The highest BCUT2D eigenvalue weighted by Gasteiger charge is 2.75. The monoisotopic (exact) mass is 580 g/mol. The molecule has 3 aliphatic heterocycles. The maximum Gasteiger partial charge on any atom is 0.253 e. The summed E-state index contributed by atoms with van der Waals surface area (Å²) in [7, 11) is 1.70. The molecule has 2 bridgehead atoms. The summed E-state index contributed by atoms with van der Waals surface area (Å²) in [6, 6.07) is 6.30. The van der Waals surface area contributed by atoms with Gasteiger partial charge in [0.15, 0.2) is 0 Å². The smallest absolute Gasteiger partial charge is 0.253 e. The third-order valence-corrected chi connectivity index (χ3v) is 9.25. The summed E-state index contributed by atoms with van der Waals surface area (Å²) in [6.07, 6.45) is 4.50. The van der Waals surface area contributed by atoms with E-state index in [4.69, 9.17) is 4.74 Å². The number of fused-ring (bicyclic) bond motifs is 1. The molecule has 3 aliphatic rings. The van der Waals surface area contributed by atoms with Gasteiger partial charge in [-0.15, -0.1) is 13.2 Å². The van der Waals surface area contributed by atoms with E-state index in [2.05, 4.69) is 31.9 Å². The van der Waals surface area contributed by atoms with Crippen molar-refractivity contribution in [3.05, 3.63) is 49.6 Å². The SMILES string of the molecule is C=CCN(C)C(=O)[C@@H]1[C@@H]2CCC3(O2)C(C(=O)N(CC=C)c2ccc(N(CC)CC)cc2)N([C@@H](CO)CC(C)C)C(=O)[C@H]13. The Morgan fingerprint density at radius 1 is 1.10 bits per heavy atom. The highest BCUT2D eigenvalue weighted by Crippen LogP contribution is 2.59. The molecule has 1 aromatic carbocycles. The van der Waals surface area contributed by atoms with E-state index in [0.29, 0.717) is 31.5 Å². The molecule has 4 rings (SSSR count). The summed E-state index contributed by atoms with van der Waals surface area (Å²) in [5.74, 6) is -2.04. The van der Waals surface area contributed by atoms with Gasteiger partial charge < -0.3 is 29.4 Å². The molecule has 1 N–H and O–H groups in total. The van der Waals surface area contributed by atoms with Crippen LogP contribution in [0.1, 0.15) is 47.0 Å². The third-order valence-electron chi connectivity index (χ3n) is 9.25. The number of benzene rings is 1. The number of aliphatic hydroxyl groups excluding tert-OH is 1. The first kappa shape index (κ1) is 31.8. The lowest BCUT2D eigenvalue weighted by Gasteiger charge is -2.39. The fourth-order valence-corrected chi connectivity index (χ4v) is 7.44. The molecule has 0 aliphatic carbocycles. The van der Waals surface area contributed by atoms with E-state index in [-0.39, 0.29) is 36.8 Å². The number of ether oxygens (including phenoxy) is 1. The summed E-state index contributed by atoms with van der Waals surface area (Å²) >= 11 is 0. The fraction of sp³-hybridized carbons (Fsp3) is 0.606. The number of amides is 3. The predicted octanol–water partition coefficient (Wildman–Crippen LogP) is 3.48. The zero-order chi connectivity index (χ0) is 30.8. The maximum absolute atomic E-state index is 14.8. The first-order valence-corrected chi connectivity index (χ1v) is 15.3. The second-order valence-corrected chi connectivity index (χ2v) is 12.2. The predicted molar refractivity (Wildman–Crippen MR) is 165 cm³/mol. The van der Waals surface area contributed by atoms with Gasteiger partial charge in [0.1, 0.15) is 11.6 Å². The van der Waals surface area contributed by atoms with Crippen molar-refractivity contribution in [1.82, 2.24) is 9.80 Å². The van der Waals surface area contributed by atoms with Gasteiger partial charge in [-0.1, -0.05) is 26.0 Å². The first-order valence-electron chi connectivity index (χ1n) is 15.3. The van der Waals surface area contributed by atoms with Crippen LogP contribution in [0.2, 0.25) is 0 Å². The van der Waals surface area contributed by atoms with Crippen LogP contribution in [0.25, 0.3) is 0 Å². The van der Waals surface area contributed by atoms with Gasteiger partial charge >= 0.3 is 0 Å². The van der Waals surface area contributed by atoms with E-state index >= 15 is 0 Å². The number of rotatable bonds is 14. The van der Waals surface area contributed by atoms with Gasteiger partial charge in [-0.2, -0.15) is 0 Å². The van der Waals surface area contributed by atoms with Gasteiger partial charge in [-0.3, -0.25) is 14.4 Å². The van der Waals surface area contributed by atoms with Gasteiger partial charge in [0, 0.05) is 44.6 Å². The third kappa shape index (κ3) is 5.37. The second-order valence-electron chi connectivity index (χ2n) is 12.2. The number of hydrogen-bond acceptors (Lipinski definition) is 6. The average Bonchev–Trinajstić information content (AvgIpc) is 3.62. The Labute approximate surface area is 250 Å². The lowest BCUT2D eigenvalue weighted by molar-refractivity contribution is -0.147. The van der Waals surface area contributed by atoms with Crippen molar-refractivity contribution in [3.63, 3.8) is 0 Å². The first-order chi connectivity index (χ1) is 20.1. The molecule has 9 heteroatoms. The molecule has 1 spiro atoms. The van der Waals surface area contributed by atoms with Gasteiger partial charge in [-0.25, -0.2) is 0 Å². The molecule has 1 aromatic rings. The largest absolute Gasteiger partial charge is 0.394 e. The summed E-state index contributed by atoms with van der Waals surface area (Å²) in [4.78, 5) is 49.9. The molecule has 3 amide bonds. The number of aliphatic hydroxyl groups is 1. The Kier molecular flexibility index (Phi) is 9.83. The number of hydrogen-bond donors (Lipinski definition) is 1. The Balaban J connectivity index is 1.79. The van der Waals surface area contributed by atoms with Gasteiger partial charge in [0.05, 0.1) is 30.6 Å². The van der Waals surface area contributed by atoms with Crippen molar-refractivity contribution in [2.45, 2.75) is 70.7 Å². The number of carbonyl (C=O) groups is 3. The highest BCUT2D eigenvalue weighted by atomic mass is 16.5. The molecule has 3 fully saturated rings. The van der Waals surface area contributed by atoms with Crippen molar-refractivity contribution in [2.75, 3.05) is 49.6 Å². The Morgan fingerprint density at radius 3 is 2.26 bits per heavy atom. The molecule has 3 saturated heterocycles. The molecule has 42 heavy (non-hydrogen) atoms. The topological polar surface area (TPSA) is 93.6 Å². The molecule has 0 radical (unpaired) electrons. The number of likely N-dealkylation sites (tertiary alicyclic amines) is 1. The normalized spacial score (nSPS) is 26.7. The van der Waals surface area contributed by atoms with Crippen molar-refractivity contribution < 1.29 is 24.2 Å². The van der Waals surface area contributed by atoms with Crippen LogP contribution in [0.4, 0.5) is 11.4 Å². The molecule has 2 unspecified atom stereocenters. The fourth-order valence-electron chi connectivity index (χ4n) is 7.44. The average molecular weight is 581 g/mol. The number of carbonyl (C=O) groups excluding carboxylic acids is 3. The number of anilines is 2. The molecule has 6 atom stereocenters. The Hall–Kier alpha value is -3.17. The van der Waals surface area contributed by atoms with Crippen molar-refractivity contribution in [2.24, 2.45) is 17.8 Å². The standard InChI is InChI=1S/C33H48N4O5/c1-8-18-34(7)30(39)27-26-16-17-33(42-26)28(27)31(40)37(25(21-38)20-22(5)6)29(33)32(41)36(19-9-2)24-14-12-23(13-15-24)35(10-3)11-4/h8-9,12-15,22,25-29,38H,1-2,10-11,16-21H2,3-7H3/t25-,26+,27-,28+,29?,33?/m1/s1. The summed E-state index contributed by atoms with van der Waals surface area (Å²) < 4.78 is 6.63. The minimum Gasteiger partial charge on any atom is -0.394 e. The van der Waals surface area contributed by atoms with Gasteiger partial charge in [0.25, 0.3) is 5.91 Å². The van der Waals surface area contributed by atoms with E-state index in [1.807, 2.05) is 38.1 Å². The van der Waals surface area contributed by atoms with Crippen LogP contribution < -0.4 is 9.80 Å². The minimum absolute atomic E-state index is 0.174. The van der Waals surface area contributed by atoms with Crippen molar-refractivity contribution in [1.29, 1.82) is 0 Å². The zero-order valence-electron chi connectivity index (χ0n) is 25.9. The van der Waals surface area contributed by atoms with Gasteiger partial charge in [0.2, 0.25) is 11.8 Å². The van der Waals surface area contributed by atoms with Crippen LogP contribution in [0, 0.1) is 17.8 Å². The lowest BCUT2D eigenvalue weighted by Crippen LogP contribution is -2.59. The number of likely N-dealkylation sites (N-methyl/N-ethyl adjacent to an activating group) is 1. The summed E-state index contributed by atoms with van der Waals surface area (Å²) in [6.45, 7) is 18.0. The van der Waals surface area contributed by atoms with Crippen LogP contribution in [0.3, 0.4) is 0 Å². The van der Waals surface area contributed by atoms with E-state index < -0.39 is 35.6 Å². The lowest BCUT2D eigenvalue weighted by atomic mass is 9.70. The molecule has 0 aromatic heterocycles. The highest BCUT2D eigenvalue weighted by molar-refractivity contribution is 6.05. The van der Waals surface area contributed by atoms with Crippen LogP contribution >= 0.6 is 0 Å². The molecule has 3 heterocycles.